The van der Waals surface area contributed by atoms with Crippen molar-refractivity contribution in [2.24, 2.45) is 0 Å². The van der Waals surface area contributed by atoms with Crippen LogP contribution in [-0.4, -0.2) is 30.9 Å². The molecule has 0 aliphatic carbocycles. The number of aryl methyl sites for hydroxylation is 1. The summed E-state index contributed by atoms with van der Waals surface area (Å²) in [6.45, 7) is 0.463. The number of rotatable bonds is 4. The minimum atomic E-state index is -0.171. The first-order valence-electron chi connectivity index (χ1n) is 4.85. The second-order valence-electron chi connectivity index (χ2n) is 3.19. The van der Waals surface area contributed by atoms with Gasteiger partial charge in [-0.25, -0.2) is 9.97 Å². The molecule has 0 radical (unpaired) electrons. The maximum Gasteiger partial charge on any atom is 0.227 e. The SMILES string of the molecule is O=C(CCn1ccnn1)Nc1cc(Cl)ncn1. The van der Waals surface area contributed by atoms with Crippen molar-refractivity contribution < 1.29 is 4.79 Å². The Morgan fingerprint density at radius 2 is 2.35 bits per heavy atom. The average molecular weight is 253 g/mol. The van der Waals surface area contributed by atoms with Crippen molar-refractivity contribution in [2.75, 3.05) is 5.32 Å². The fraction of sp³-hybridized carbons (Fsp3) is 0.222. The largest absolute Gasteiger partial charge is 0.311 e. The minimum Gasteiger partial charge on any atom is -0.311 e. The molecule has 0 aliphatic heterocycles. The van der Waals surface area contributed by atoms with Gasteiger partial charge in [-0.3, -0.25) is 9.48 Å². The molecular weight excluding hydrogens is 244 g/mol. The lowest BCUT2D eigenvalue weighted by Crippen LogP contribution is -2.15. The summed E-state index contributed by atoms with van der Waals surface area (Å²) in [5.41, 5.74) is 0. The average Bonchev–Trinajstić information content (AvgIpc) is 2.79. The van der Waals surface area contributed by atoms with E-state index < -0.39 is 0 Å². The van der Waals surface area contributed by atoms with Gasteiger partial charge in [0.2, 0.25) is 5.91 Å². The van der Waals surface area contributed by atoms with Gasteiger partial charge in [-0.05, 0) is 0 Å². The van der Waals surface area contributed by atoms with Crippen molar-refractivity contribution >= 4 is 23.3 Å². The molecule has 0 saturated carbocycles. The Morgan fingerprint density at radius 1 is 1.47 bits per heavy atom. The third kappa shape index (κ3) is 3.49. The highest BCUT2D eigenvalue weighted by Gasteiger charge is 2.04. The van der Waals surface area contributed by atoms with Crippen molar-refractivity contribution in [1.82, 2.24) is 25.0 Å². The molecule has 0 spiro atoms. The van der Waals surface area contributed by atoms with Gasteiger partial charge in [0.25, 0.3) is 0 Å². The van der Waals surface area contributed by atoms with Crippen LogP contribution in [0.15, 0.2) is 24.8 Å². The molecule has 0 fully saturated rings. The van der Waals surface area contributed by atoms with Crippen molar-refractivity contribution in [2.45, 2.75) is 13.0 Å². The summed E-state index contributed by atoms with van der Waals surface area (Å²) in [7, 11) is 0. The van der Waals surface area contributed by atoms with Crippen molar-refractivity contribution in [3.63, 3.8) is 0 Å². The fourth-order valence-corrected chi connectivity index (χ4v) is 1.32. The van der Waals surface area contributed by atoms with Gasteiger partial charge < -0.3 is 5.32 Å². The second-order valence-corrected chi connectivity index (χ2v) is 3.58. The molecule has 1 amide bonds. The van der Waals surface area contributed by atoms with E-state index in [-0.39, 0.29) is 17.5 Å². The summed E-state index contributed by atoms with van der Waals surface area (Å²) < 4.78 is 1.58. The molecule has 7 nitrogen and oxygen atoms in total. The Hall–Kier alpha value is -2.02. The molecule has 8 heteroatoms. The van der Waals surface area contributed by atoms with E-state index in [9.17, 15) is 4.79 Å². The summed E-state index contributed by atoms with van der Waals surface area (Å²) >= 11 is 5.66. The third-order valence-corrected chi connectivity index (χ3v) is 2.15. The highest BCUT2D eigenvalue weighted by Crippen LogP contribution is 2.08. The molecule has 0 aromatic carbocycles. The van der Waals surface area contributed by atoms with Gasteiger partial charge in [-0.1, -0.05) is 16.8 Å². The number of halogens is 1. The zero-order valence-corrected chi connectivity index (χ0v) is 9.50. The molecule has 0 aliphatic rings. The van der Waals surface area contributed by atoms with Gasteiger partial charge in [0.1, 0.15) is 17.3 Å². The van der Waals surface area contributed by atoms with E-state index in [0.717, 1.165) is 0 Å². The molecule has 0 unspecified atom stereocenters. The zero-order valence-electron chi connectivity index (χ0n) is 8.75. The highest BCUT2D eigenvalue weighted by atomic mass is 35.5. The predicted molar refractivity (Wildman–Crippen MR) is 60.3 cm³/mol. The summed E-state index contributed by atoms with van der Waals surface area (Å²) in [4.78, 5) is 19.1. The van der Waals surface area contributed by atoms with E-state index in [0.29, 0.717) is 12.4 Å². The lowest BCUT2D eigenvalue weighted by atomic mass is 10.4. The molecular formula is C9H9ClN6O. The Kier molecular flexibility index (Phi) is 3.61. The lowest BCUT2D eigenvalue weighted by Gasteiger charge is -2.03. The van der Waals surface area contributed by atoms with E-state index in [1.807, 2.05) is 0 Å². The Morgan fingerprint density at radius 3 is 3.06 bits per heavy atom. The van der Waals surface area contributed by atoms with Crippen LogP contribution in [0.1, 0.15) is 6.42 Å². The summed E-state index contributed by atoms with van der Waals surface area (Å²) in [5.74, 6) is 0.212. The van der Waals surface area contributed by atoms with Crippen LogP contribution in [0.4, 0.5) is 5.82 Å². The van der Waals surface area contributed by atoms with Gasteiger partial charge in [-0.15, -0.1) is 5.10 Å². The van der Waals surface area contributed by atoms with E-state index in [4.69, 9.17) is 11.6 Å². The number of aromatic nitrogens is 5. The standard InChI is InChI=1S/C9H9ClN6O/c10-7-5-8(12-6-11-7)14-9(17)1-3-16-4-2-13-15-16/h2,4-6H,1,3H2,(H,11,12,14,17). The Bertz CT molecular complexity index is 500. The molecule has 2 aromatic heterocycles. The molecule has 2 aromatic rings. The van der Waals surface area contributed by atoms with Crippen LogP contribution in [0.25, 0.3) is 0 Å². The van der Waals surface area contributed by atoms with E-state index in [1.165, 1.54) is 12.4 Å². The molecule has 0 saturated heterocycles. The molecule has 2 rings (SSSR count). The van der Waals surface area contributed by atoms with Crippen LogP contribution in [0, 0.1) is 0 Å². The number of nitrogens with zero attached hydrogens (tertiary/aromatic N) is 5. The first-order chi connectivity index (χ1) is 8.24. The van der Waals surface area contributed by atoms with Gasteiger partial charge in [0, 0.05) is 18.7 Å². The number of carbonyl (C=O) groups is 1. The lowest BCUT2D eigenvalue weighted by molar-refractivity contribution is -0.116. The Balaban J connectivity index is 1.85. The number of hydrogen-bond acceptors (Lipinski definition) is 5. The number of hydrogen-bond donors (Lipinski definition) is 1. The van der Waals surface area contributed by atoms with Crippen molar-refractivity contribution in [1.29, 1.82) is 0 Å². The van der Waals surface area contributed by atoms with Crippen LogP contribution >= 0.6 is 11.6 Å². The van der Waals surface area contributed by atoms with Crippen molar-refractivity contribution in [3.8, 4) is 0 Å². The maximum atomic E-state index is 11.5. The van der Waals surface area contributed by atoms with Gasteiger partial charge in [-0.2, -0.15) is 0 Å². The smallest absolute Gasteiger partial charge is 0.227 e. The van der Waals surface area contributed by atoms with Crippen LogP contribution < -0.4 is 5.32 Å². The molecule has 2 heterocycles. The monoisotopic (exact) mass is 252 g/mol. The summed E-state index contributed by atoms with van der Waals surface area (Å²) in [5, 5.41) is 10.3. The van der Waals surface area contributed by atoms with Gasteiger partial charge in [0.15, 0.2) is 0 Å². The second kappa shape index (κ2) is 5.35. The van der Waals surface area contributed by atoms with E-state index in [2.05, 4.69) is 25.6 Å². The van der Waals surface area contributed by atoms with Crippen LogP contribution in [0.3, 0.4) is 0 Å². The quantitative estimate of drug-likeness (QED) is 0.812. The normalized spacial score (nSPS) is 10.2. The number of carbonyl (C=O) groups excluding carboxylic acids is 1. The van der Waals surface area contributed by atoms with Crippen LogP contribution in [-0.2, 0) is 11.3 Å². The number of nitrogens with one attached hydrogen (secondary N) is 1. The first-order valence-corrected chi connectivity index (χ1v) is 5.23. The van der Waals surface area contributed by atoms with Gasteiger partial charge in [0.05, 0.1) is 12.7 Å². The molecule has 0 atom stereocenters. The van der Waals surface area contributed by atoms with Crippen LogP contribution in [0.2, 0.25) is 5.15 Å². The maximum absolute atomic E-state index is 11.5. The van der Waals surface area contributed by atoms with Gasteiger partial charge >= 0.3 is 0 Å². The molecule has 88 valence electrons. The predicted octanol–water partition coefficient (Wildman–Crippen LogP) is 0.750. The fourth-order valence-electron chi connectivity index (χ4n) is 1.18. The topological polar surface area (TPSA) is 85.6 Å². The molecule has 1 N–H and O–H groups in total. The first kappa shape index (κ1) is 11.5. The molecule has 0 bridgehead atoms. The number of amides is 1. The summed E-state index contributed by atoms with van der Waals surface area (Å²) in [6.07, 6.45) is 4.82. The highest BCUT2D eigenvalue weighted by molar-refractivity contribution is 6.29. The minimum absolute atomic E-state index is 0.171. The van der Waals surface area contributed by atoms with Crippen LogP contribution in [0.5, 0.6) is 0 Å². The van der Waals surface area contributed by atoms with E-state index in [1.54, 1.807) is 17.1 Å². The summed E-state index contributed by atoms with van der Waals surface area (Å²) in [6, 6.07) is 1.48. The third-order valence-electron chi connectivity index (χ3n) is 1.94. The molecule has 17 heavy (non-hydrogen) atoms. The van der Waals surface area contributed by atoms with E-state index >= 15 is 0 Å². The number of anilines is 1. The van der Waals surface area contributed by atoms with Crippen molar-refractivity contribution in [3.05, 3.63) is 29.9 Å². The Labute approximate surface area is 102 Å². The zero-order chi connectivity index (χ0) is 12.1.